The molecule has 2 rings (SSSR count). The van der Waals surface area contributed by atoms with Crippen LogP contribution in [0.4, 0.5) is 10.2 Å². The molecule has 1 heterocycles. The number of amides is 1. The third-order valence-electron chi connectivity index (χ3n) is 2.52. The fraction of sp³-hybridized carbons (Fsp3) is 0.143. The maximum Gasteiger partial charge on any atom is 0.259 e. The van der Waals surface area contributed by atoms with E-state index in [9.17, 15) is 9.18 Å². The third-order valence-corrected chi connectivity index (χ3v) is 2.52. The monoisotopic (exact) mass is 244 g/mol. The molecular formula is C14H13FN2O. The molecule has 3 nitrogen and oxygen atoms in total. The summed E-state index contributed by atoms with van der Waals surface area (Å²) in [6.45, 7) is 3.71. The van der Waals surface area contributed by atoms with E-state index in [-0.39, 0.29) is 5.56 Å². The average molecular weight is 244 g/mol. The van der Waals surface area contributed by atoms with Gasteiger partial charge < -0.3 is 5.32 Å². The number of pyridine rings is 1. The van der Waals surface area contributed by atoms with Crippen molar-refractivity contribution in [2.24, 2.45) is 0 Å². The fourth-order valence-corrected chi connectivity index (χ4v) is 1.54. The second-order valence-electron chi connectivity index (χ2n) is 4.16. The summed E-state index contributed by atoms with van der Waals surface area (Å²) in [6.07, 6.45) is 1.64. The Bertz CT molecular complexity index is 579. The standard InChI is InChI=1S/C14H13FN2O/c1-9-3-5-12(15)11(7-9)14(18)17-13-6-4-10(2)8-16-13/h3-8H,1-2H3,(H,16,17,18). The summed E-state index contributed by atoms with van der Waals surface area (Å²) in [6, 6.07) is 7.93. The van der Waals surface area contributed by atoms with Gasteiger partial charge in [0.05, 0.1) is 5.56 Å². The summed E-state index contributed by atoms with van der Waals surface area (Å²) in [5.74, 6) is -0.621. The predicted molar refractivity (Wildman–Crippen MR) is 68.1 cm³/mol. The van der Waals surface area contributed by atoms with Crippen LogP contribution in [0.3, 0.4) is 0 Å². The van der Waals surface area contributed by atoms with Crippen LogP contribution in [0.25, 0.3) is 0 Å². The van der Waals surface area contributed by atoms with Crippen LogP contribution in [0, 0.1) is 19.7 Å². The summed E-state index contributed by atoms with van der Waals surface area (Å²) in [7, 11) is 0. The quantitative estimate of drug-likeness (QED) is 0.882. The molecule has 1 N–H and O–H groups in total. The smallest absolute Gasteiger partial charge is 0.259 e. The van der Waals surface area contributed by atoms with Gasteiger partial charge in [-0.1, -0.05) is 17.7 Å². The van der Waals surface area contributed by atoms with Crippen molar-refractivity contribution in [2.45, 2.75) is 13.8 Å². The van der Waals surface area contributed by atoms with Crippen molar-refractivity contribution in [3.8, 4) is 0 Å². The summed E-state index contributed by atoms with van der Waals surface area (Å²) >= 11 is 0. The van der Waals surface area contributed by atoms with Crippen molar-refractivity contribution in [3.63, 3.8) is 0 Å². The number of nitrogens with zero attached hydrogens (tertiary/aromatic N) is 1. The minimum Gasteiger partial charge on any atom is -0.306 e. The number of rotatable bonds is 2. The fourth-order valence-electron chi connectivity index (χ4n) is 1.54. The van der Waals surface area contributed by atoms with Crippen LogP contribution in [-0.4, -0.2) is 10.9 Å². The van der Waals surface area contributed by atoms with Crippen molar-refractivity contribution in [1.82, 2.24) is 4.98 Å². The molecule has 0 aliphatic rings. The van der Waals surface area contributed by atoms with Crippen molar-refractivity contribution in [3.05, 3.63) is 59.0 Å². The van der Waals surface area contributed by atoms with Crippen molar-refractivity contribution in [1.29, 1.82) is 0 Å². The largest absolute Gasteiger partial charge is 0.306 e. The van der Waals surface area contributed by atoms with Gasteiger partial charge in [0.2, 0.25) is 0 Å². The van der Waals surface area contributed by atoms with E-state index in [1.54, 1.807) is 25.3 Å². The predicted octanol–water partition coefficient (Wildman–Crippen LogP) is 3.09. The number of halogens is 1. The average Bonchev–Trinajstić information content (AvgIpc) is 2.35. The highest BCUT2D eigenvalue weighted by Gasteiger charge is 2.12. The molecule has 0 unspecified atom stereocenters. The highest BCUT2D eigenvalue weighted by molar-refractivity contribution is 6.04. The molecule has 1 amide bonds. The zero-order valence-electron chi connectivity index (χ0n) is 10.2. The van der Waals surface area contributed by atoms with E-state index >= 15 is 0 Å². The number of anilines is 1. The lowest BCUT2D eigenvalue weighted by Crippen LogP contribution is -2.14. The van der Waals surface area contributed by atoms with Crippen molar-refractivity contribution < 1.29 is 9.18 Å². The second-order valence-corrected chi connectivity index (χ2v) is 4.16. The van der Waals surface area contributed by atoms with E-state index in [4.69, 9.17) is 0 Å². The van der Waals surface area contributed by atoms with Gasteiger partial charge in [0, 0.05) is 6.20 Å². The van der Waals surface area contributed by atoms with E-state index in [0.29, 0.717) is 5.82 Å². The maximum atomic E-state index is 13.5. The third kappa shape index (κ3) is 2.71. The number of aryl methyl sites for hydroxylation is 2. The topological polar surface area (TPSA) is 42.0 Å². The first-order chi connectivity index (χ1) is 8.56. The van der Waals surface area contributed by atoms with E-state index in [2.05, 4.69) is 10.3 Å². The van der Waals surface area contributed by atoms with E-state index in [0.717, 1.165) is 11.1 Å². The van der Waals surface area contributed by atoms with Gasteiger partial charge in [-0.2, -0.15) is 0 Å². The number of aromatic nitrogens is 1. The van der Waals surface area contributed by atoms with Gasteiger partial charge >= 0.3 is 0 Å². The van der Waals surface area contributed by atoms with Gasteiger partial charge in [0.1, 0.15) is 11.6 Å². The summed E-state index contributed by atoms with van der Waals surface area (Å²) < 4.78 is 13.5. The number of carbonyl (C=O) groups is 1. The maximum absolute atomic E-state index is 13.5. The zero-order valence-corrected chi connectivity index (χ0v) is 10.2. The molecule has 2 aromatic rings. The first kappa shape index (κ1) is 12.2. The second kappa shape index (κ2) is 4.96. The molecule has 1 aromatic carbocycles. The molecule has 0 atom stereocenters. The van der Waals surface area contributed by atoms with Crippen molar-refractivity contribution in [2.75, 3.05) is 5.32 Å². The Hall–Kier alpha value is -2.23. The van der Waals surface area contributed by atoms with E-state index < -0.39 is 11.7 Å². The Morgan fingerprint density at radius 3 is 2.56 bits per heavy atom. The van der Waals surface area contributed by atoms with Crippen molar-refractivity contribution >= 4 is 11.7 Å². The summed E-state index contributed by atoms with van der Waals surface area (Å²) in [4.78, 5) is 15.9. The number of benzene rings is 1. The molecule has 0 saturated carbocycles. The van der Waals surface area contributed by atoms with Gasteiger partial charge in [-0.25, -0.2) is 9.37 Å². The molecule has 0 aliphatic carbocycles. The van der Waals surface area contributed by atoms with E-state index in [1.807, 2.05) is 13.0 Å². The Labute approximate surface area is 105 Å². The lowest BCUT2D eigenvalue weighted by molar-refractivity contribution is 0.102. The number of carbonyl (C=O) groups excluding carboxylic acids is 1. The highest BCUT2D eigenvalue weighted by atomic mass is 19.1. The summed E-state index contributed by atoms with van der Waals surface area (Å²) in [5, 5.41) is 2.56. The van der Waals surface area contributed by atoms with Gasteiger partial charge in [-0.3, -0.25) is 4.79 Å². The molecule has 0 fully saturated rings. The van der Waals surface area contributed by atoms with Gasteiger partial charge in [0.25, 0.3) is 5.91 Å². The van der Waals surface area contributed by atoms with E-state index in [1.165, 1.54) is 12.1 Å². The summed E-state index contributed by atoms with van der Waals surface area (Å²) in [5.41, 5.74) is 1.85. The Balaban J connectivity index is 2.21. The number of nitrogens with one attached hydrogen (secondary N) is 1. The van der Waals surface area contributed by atoms with Gasteiger partial charge in [-0.05, 0) is 37.6 Å². The molecule has 0 aliphatic heterocycles. The first-order valence-electron chi connectivity index (χ1n) is 5.56. The SMILES string of the molecule is Cc1ccc(NC(=O)c2cc(C)ccc2F)nc1. The van der Waals surface area contributed by atoms with Crippen LogP contribution in [-0.2, 0) is 0 Å². The molecule has 1 aromatic heterocycles. The Kier molecular flexibility index (Phi) is 3.37. The molecule has 0 radical (unpaired) electrons. The van der Waals surface area contributed by atoms with Crippen LogP contribution in [0.15, 0.2) is 36.5 Å². The minimum atomic E-state index is -0.537. The van der Waals surface area contributed by atoms with Crippen LogP contribution in [0.2, 0.25) is 0 Å². The lowest BCUT2D eigenvalue weighted by atomic mass is 10.1. The number of hydrogen-bond donors (Lipinski definition) is 1. The van der Waals surface area contributed by atoms with Gasteiger partial charge in [-0.15, -0.1) is 0 Å². The Morgan fingerprint density at radius 2 is 1.89 bits per heavy atom. The minimum absolute atomic E-state index is 0.0253. The molecule has 0 saturated heterocycles. The first-order valence-corrected chi connectivity index (χ1v) is 5.56. The number of hydrogen-bond acceptors (Lipinski definition) is 2. The molecule has 0 spiro atoms. The molecular weight excluding hydrogens is 231 g/mol. The van der Waals surface area contributed by atoms with Gasteiger partial charge in [0.15, 0.2) is 0 Å². The molecule has 0 bridgehead atoms. The van der Waals surface area contributed by atoms with Crippen LogP contribution >= 0.6 is 0 Å². The molecule has 4 heteroatoms. The molecule has 92 valence electrons. The van der Waals surface area contributed by atoms with Crippen LogP contribution in [0.1, 0.15) is 21.5 Å². The van der Waals surface area contributed by atoms with Crippen LogP contribution in [0.5, 0.6) is 0 Å². The zero-order chi connectivity index (χ0) is 13.1. The molecule has 18 heavy (non-hydrogen) atoms. The van der Waals surface area contributed by atoms with Crippen LogP contribution < -0.4 is 5.32 Å². The highest BCUT2D eigenvalue weighted by Crippen LogP contribution is 2.12. The normalized spacial score (nSPS) is 10.2. The Morgan fingerprint density at radius 1 is 1.17 bits per heavy atom. The lowest BCUT2D eigenvalue weighted by Gasteiger charge is -2.06.